The molecule has 1 fully saturated rings. The van der Waals surface area contributed by atoms with E-state index < -0.39 is 0 Å². The second kappa shape index (κ2) is 5.83. The summed E-state index contributed by atoms with van der Waals surface area (Å²) in [6.45, 7) is 3.21. The molecule has 0 aliphatic carbocycles. The summed E-state index contributed by atoms with van der Waals surface area (Å²) in [5.41, 5.74) is 0.327. The number of nitrogens with zero attached hydrogens (tertiary/aromatic N) is 4. The molecule has 7 heteroatoms. The molecule has 1 N–H and O–H groups in total. The maximum absolute atomic E-state index is 11.9. The van der Waals surface area contributed by atoms with Crippen molar-refractivity contribution in [2.45, 2.75) is 0 Å². The Hall–Kier alpha value is -1.89. The molecule has 0 bridgehead atoms. The van der Waals surface area contributed by atoms with E-state index in [1.54, 1.807) is 28.9 Å². The minimum Gasteiger partial charge on any atom is -0.342 e. The van der Waals surface area contributed by atoms with Crippen LogP contribution in [0.1, 0.15) is 10.5 Å². The van der Waals surface area contributed by atoms with Gasteiger partial charge in [0.05, 0.1) is 6.54 Å². The standard InChI is InChI=1S/C12H19N5O2/c1-15-5-7-17(8-6-15)11(18)9-13-12(19)10-3-4-16(2)14-10/h3-4H,5-9H2,1-2H3,(H,13,19). The molecule has 2 heterocycles. The van der Waals surface area contributed by atoms with Crippen LogP contribution in [0.5, 0.6) is 0 Å². The SMILES string of the molecule is CN1CCN(C(=O)CNC(=O)c2ccn(C)n2)CC1. The minimum absolute atomic E-state index is 0.0269. The number of likely N-dealkylation sites (N-methyl/N-ethyl adjacent to an activating group) is 1. The summed E-state index contributed by atoms with van der Waals surface area (Å²) in [5, 5.41) is 6.59. The van der Waals surface area contributed by atoms with Crippen molar-refractivity contribution in [3.63, 3.8) is 0 Å². The van der Waals surface area contributed by atoms with Crippen LogP contribution in [0.4, 0.5) is 0 Å². The highest BCUT2D eigenvalue weighted by Gasteiger charge is 2.19. The number of rotatable bonds is 3. The lowest BCUT2D eigenvalue weighted by Gasteiger charge is -2.32. The van der Waals surface area contributed by atoms with Gasteiger partial charge in [-0.2, -0.15) is 5.10 Å². The average Bonchev–Trinajstić information content (AvgIpc) is 2.83. The summed E-state index contributed by atoms with van der Waals surface area (Å²) >= 11 is 0. The van der Waals surface area contributed by atoms with Crippen molar-refractivity contribution >= 4 is 11.8 Å². The van der Waals surface area contributed by atoms with Gasteiger partial charge in [-0.3, -0.25) is 14.3 Å². The van der Waals surface area contributed by atoms with Gasteiger partial charge in [0, 0.05) is 39.4 Å². The molecule has 0 radical (unpaired) electrons. The molecule has 104 valence electrons. The fraction of sp³-hybridized carbons (Fsp3) is 0.583. The van der Waals surface area contributed by atoms with E-state index >= 15 is 0 Å². The molecule has 2 rings (SSSR count). The summed E-state index contributed by atoms with van der Waals surface area (Å²) in [7, 11) is 3.77. The molecule has 1 aromatic heterocycles. The van der Waals surface area contributed by atoms with Crippen LogP contribution in [0.15, 0.2) is 12.3 Å². The van der Waals surface area contributed by atoms with Gasteiger partial charge in [-0.05, 0) is 13.1 Å². The fourth-order valence-electron chi connectivity index (χ4n) is 1.95. The highest BCUT2D eigenvalue weighted by atomic mass is 16.2. The normalized spacial score (nSPS) is 16.4. The van der Waals surface area contributed by atoms with E-state index in [2.05, 4.69) is 15.3 Å². The number of carbonyl (C=O) groups is 2. The van der Waals surface area contributed by atoms with Gasteiger partial charge >= 0.3 is 0 Å². The molecule has 1 aliphatic rings. The molecule has 0 saturated carbocycles. The minimum atomic E-state index is -0.317. The molecule has 0 atom stereocenters. The van der Waals surface area contributed by atoms with Gasteiger partial charge in [0.15, 0.2) is 0 Å². The third-order valence-electron chi connectivity index (χ3n) is 3.20. The Bertz CT molecular complexity index is 462. The van der Waals surface area contributed by atoms with Crippen molar-refractivity contribution in [3.05, 3.63) is 18.0 Å². The molecule has 7 nitrogen and oxygen atoms in total. The fourth-order valence-corrected chi connectivity index (χ4v) is 1.95. The Kier molecular flexibility index (Phi) is 4.16. The Morgan fingerprint density at radius 1 is 1.26 bits per heavy atom. The van der Waals surface area contributed by atoms with Crippen LogP contribution in [0.3, 0.4) is 0 Å². The number of carbonyl (C=O) groups excluding carboxylic acids is 2. The number of aromatic nitrogens is 2. The van der Waals surface area contributed by atoms with Gasteiger partial charge in [-0.15, -0.1) is 0 Å². The number of hydrogen-bond acceptors (Lipinski definition) is 4. The first-order chi connectivity index (χ1) is 9.06. The first kappa shape index (κ1) is 13.5. The maximum atomic E-state index is 11.9. The summed E-state index contributed by atoms with van der Waals surface area (Å²) in [6.07, 6.45) is 1.69. The zero-order chi connectivity index (χ0) is 13.8. The highest BCUT2D eigenvalue weighted by Crippen LogP contribution is 1.99. The molecule has 1 saturated heterocycles. The van der Waals surface area contributed by atoms with Crippen LogP contribution in [0, 0.1) is 0 Å². The van der Waals surface area contributed by atoms with Crippen molar-refractivity contribution in [2.24, 2.45) is 7.05 Å². The highest BCUT2D eigenvalue weighted by molar-refractivity contribution is 5.94. The van der Waals surface area contributed by atoms with E-state index in [9.17, 15) is 9.59 Å². The van der Waals surface area contributed by atoms with Gasteiger partial charge in [-0.25, -0.2) is 0 Å². The summed E-state index contributed by atoms with van der Waals surface area (Å²) in [5.74, 6) is -0.361. The van der Waals surface area contributed by atoms with E-state index in [1.807, 2.05) is 7.05 Å². The first-order valence-corrected chi connectivity index (χ1v) is 6.30. The van der Waals surface area contributed by atoms with E-state index in [-0.39, 0.29) is 18.4 Å². The number of aryl methyl sites for hydroxylation is 1. The van der Waals surface area contributed by atoms with Crippen LogP contribution in [0.25, 0.3) is 0 Å². The van der Waals surface area contributed by atoms with Crippen LogP contribution in [-0.4, -0.2) is 71.2 Å². The Morgan fingerprint density at radius 2 is 1.95 bits per heavy atom. The molecule has 0 spiro atoms. The second-order valence-electron chi connectivity index (χ2n) is 4.74. The lowest BCUT2D eigenvalue weighted by molar-refractivity contribution is -0.131. The maximum Gasteiger partial charge on any atom is 0.272 e. The van der Waals surface area contributed by atoms with Gasteiger partial charge < -0.3 is 15.1 Å². The second-order valence-corrected chi connectivity index (χ2v) is 4.74. The Labute approximate surface area is 112 Å². The molecule has 2 amide bonds. The summed E-state index contributed by atoms with van der Waals surface area (Å²) in [6, 6.07) is 1.62. The van der Waals surface area contributed by atoms with Crippen LogP contribution in [-0.2, 0) is 11.8 Å². The van der Waals surface area contributed by atoms with Crippen LogP contribution < -0.4 is 5.32 Å². The Morgan fingerprint density at radius 3 is 2.53 bits per heavy atom. The van der Waals surface area contributed by atoms with Gasteiger partial charge in [-0.1, -0.05) is 0 Å². The van der Waals surface area contributed by atoms with Gasteiger partial charge in [0.1, 0.15) is 5.69 Å². The van der Waals surface area contributed by atoms with Crippen molar-refractivity contribution < 1.29 is 9.59 Å². The molecule has 19 heavy (non-hydrogen) atoms. The number of hydrogen-bond donors (Lipinski definition) is 1. The third-order valence-corrected chi connectivity index (χ3v) is 3.20. The summed E-state index contributed by atoms with van der Waals surface area (Å²) < 4.78 is 1.55. The quantitative estimate of drug-likeness (QED) is 0.755. The van der Waals surface area contributed by atoms with Crippen molar-refractivity contribution in [2.75, 3.05) is 39.8 Å². The Balaban J connectivity index is 1.79. The van der Waals surface area contributed by atoms with Crippen molar-refractivity contribution in [1.82, 2.24) is 24.9 Å². The smallest absolute Gasteiger partial charge is 0.272 e. The molecule has 0 unspecified atom stereocenters. The molecule has 1 aromatic rings. The monoisotopic (exact) mass is 265 g/mol. The van der Waals surface area contributed by atoms with Gasteiger partial charge in [0.25, 0.3) is 5.91 Å². The van der Waals surface area contributed by atoms with Gasteiger partial charge in [0.2, 0.25) is 5.91 Å². The number of nitrogens with one attached hydrogen (secondary N) is 1. The number of amides is 2. The van der Waals surface area contributed by atoms with Crippen LogP contribution in [0.2, 0.25) is 0 Å². The lowest BCUT2D eigenvalue weighted by Crippen LogP contribution is -2.50. The van der Waals surface area contributed by atoms with E-state index in [0.717, 1.165) is 26.2 Å². The van der Waals surface area contributed by atoms with Crippen LogP contribution >= 0.6 is 0 Å². The predicted molar refractivity (Wildman–Crippen MR) is 69.6 cm³/mol. The van der Waals surface area contributed by atoms with Crippen molar-refractivity contribution in [3.8, 4) is 0 Å². The molecule has 1 aliphatic heterocycles. The van der Waals surface area contributed by atoms with E-state index in [0.29, 0.717) is 5.69 Å². The van der Waals surface area contributed by atoms with Crippen molar-refractivity contribution in [1.29, 1.82) is 0 Å². The zero-order valence-electron chi connectivity index (χ0n) is 11.3. The third kappa shape index (κ3) is 3.54. The molecular weight excluding hydrogens is 246 g/mol. The average molecular weight is 265 g/mol. The number of piperazine rings is 1. The predicted octanol–water partition coefficient (Wildman–Crippen LogP) is -1.08. The molecular formula is C12H19N5O2. The van der Waals surface area contributed by atoms with E-state index in [1.165, 1.54) is 0 Å². The largest absolute Gasteiger partial charge is 0.342 e. The first-order valence-electron chi connectivity index (χ1n) is 6.30. The molecule has 0 aromatic carbocycles. The summed E-state index contributed by atoms with van der Waals surface area (Å²) in [4.78, 5) is 27.6. The lowest BCUT2D eigenvalue weighted by atomic mass is 10.3. The topological polar surface area (TPSA) is 70.5 Å². The zero-order valence-corrected chi connectivity index (χ0v) is 11.3. The van der Waals surface area contributed by atoms with E-state index in [4.69, 9.17) is 0 Å².